The molecule has 19 heavy (non-hydrogen) atoms. The van der Waals surface area contributed by atoms with Gasteiger partial charge >= 0.3 is 0 Å². The molecule has 1 aliphatic carbocycles. The number of hydrogen-bond donors (Lipinski definition) is 1. The van der Waals surface area contributed by atoms with E-state index in [4.69, 9.17) is 16.0 Å². The summed E-state index contributed by atoms with van der Waals surface area (Å²) in [6.07, 6.45) is 5.20. The van der Waals surface area contributed by atoms with Gasteiger partial charge in [-0.25, -0.2) is 0 Å². The first-order chi connectivity index (χ1) is 9.24. The topological polar surface area (TPSA) is 25.2 Å². The SMILES string of the molecule is Clc1cc(CNC2CCCc3occc32)ccc1Br. The third-order valence-corrected chi connectivity index (χ3v) is 4.82. The van der Waals surface area contributed by atoms with Gasteiger partial charge in [0, 0.05) is 29.0 Å². The third kappa shape index (κ3) is 2.88. The van der Waals surface area contributed by atoms with Crippen LogP contribution in [0.3, 0.4) is 0 Å². The summed E-state index contributed by atoms with van der Waals surface area (Å²) < 4.78 is 6.44. The second-order valence-electron chi connectivity index (χ2n) is 4.87. The normalized spacial score (nSPS) is 18.3. The molecule has 0 spiro atoms. The van der Waals surface area contributed by atoms with Crippen LogP contribution in [-0.4, -0.2) is 0 Å². The quantitative estimate of drug-likeness (QED) is 0.863. The van der Waals surface area contributed by atoms with E-state index in [1.807, 2.05) is 12.1 Å². The molecular weight excluding hydrogens is 326 g/mol. The lowest BCUT2D eigenvalue weighted by Crippen LogP contribution is -2.24. The van der Waals surface area contributed by atoms with Gasteiger partial charge in [-0.05, 0) is 52.5 Å². The lowest BCUT2D eigenvalue weighted by molar-refractivity contribution is 0.411. The summed E-state index contributed by atoms with van der Waals surface area (Å²) in [7, 11) is 0. The van der Waals surface area contributed by atoms with E-state index in [2.05, 4.69) is 33.4 Å². The van der Waals surface area contributed by atoms with Crippen LogP contribution < -0.4 is 5.32 Å². The number of furan rings is 1. The Labute approximate surface area is 126 Å². The van der Waals surface area contributed by atoms with Gasteiger partial charge in [0.05, 0.1) is 11.3 Å². The zero-order valence-electron chi connectivity index (χ0n) is 10.5. The van der Waals surface area contributed by atoms with E-state index < -0.39 is 0 Å². The summed E-state index contributed by atoms with van der Waals surface area (Å²) in [6.45, 7) is 0.822. The van der Waals surface area contributed by atoms with Crippen molar-refractivity contribution in [2.45, 2.75) is 31.8 Å². The van der Waals surface area contributed by atoms with Gasteiger partial charge < -0.3 is 9.73 Å². The largest absolute Gasteiger partial charge is 0.469 e. The van der Waals surface area contributed by atoms with E-state index in [9.17, 15) is 0 Å². The highest BCUT2D eigenvalue weighted by Crippen LogP contribution is 2.31. The van der Waals surface area contributed by atoms with E-state index in [-0.39, 0.29) is 0 Å². The van der Waals surface area contributed by atoms with E-state index in [1.165, 1.54) is 17.5 Å². The predicted molar refractivity (Wildman–Crippen MR) is 80.4 cm³/mol. The molecular formula is C15H15BrClNO. The monoisotopic (exact) mass is 339 g/mol. The Morgan fingerprint density at radius 3 is 3.11 bits per heavy atom. The molecule has 100 valence electrons. The van der Waals surface area contributed by atoms with Crippen molar-refractivity contribution in [3.63, 3.8) is 0 Å². The molecule has 1 N–H and O–H groups in total. The first-order valence-electron chi connectivity index (χ1n) is 6.47. The Balaban J connectivity index is 1.69. The fourth-order valence-corrected chi connectivity index (χ4v) is 3.04. The number of fused-ring (bicyclic) bond motifs is 1. The minimum Gasteiger partial charge on any atom is -0.469 e. The molecule has 2 aromatic rings. The molecule has 0 bridgehead atoms. The highest BCUT2D eigenvalue weighted by molar-refractivity contribution is 9.10. The predicted octanol–water partition coefficient (Wildman–Crippen LogP) is 4.86. The Morgan fingerprint density at radius 1 is 1.37 bits per heavy atom. The average Bonchev–Trinajstić information content (AvgIpc) is 2.89. The number of aryl methyl sites for hydroxylation is 1. The maximum atomic E-state index is 6.11. The molecule has 2 nitrogen and oxygen atoms in total. The Morgan fingerprint density at radius 2 is 2.26 bits per heavy atom. The van der Waals surface area contributed by atoms with Gasteiger partial charge in [-0.2, -0.15) is 0 Å². The number of halogens is 2. The van der Waals surface area contributed by atoms with Gasteiger partial charge in [-0.3, -0.25) is 0 Å². The highest BCUT2D eigenvalue weighted by atomic mass is 79.9. The van der Waals surface area contributed by atoms with Crippen molar-refractivity contribution in [2.75, 3.05) is 0 Å². The van der Waals surface area contributed by atoms with Gasteiger partial charge in [-0.1, -0.05) is 17.7 Å². The maximum absolute atomic E-state index is 6.11. The van der Waals surface area contributed by atoms with Crippen LogP contribution in [0.25, 0.3) is 0 Å². The minimum atomic E-state index is 0.393. The molecule has 0 amide bonds. The van der Waals surface area contributed by atoms with Gasteiger partial charge in [0.15, 0.2) is 0 Å². The van der Waals surface area contributed by atoms with Crippen molar-refractivity contribution in [1.82, 2.24) is 5.32 Å². The van der Waals surface area contributed by atoms with Gasteiger partial charge in [0.25, 0.3) is 0 Å². The van der Waals surface area contributed by atoms with Crippen LogP contribution in [-0.2, 0) is 13.0 Å². The van der Waals surface area contributed by atoms with Crippen LogP contribution in [0.15, 0.2) is 39.4 Å². The highest BCUT2D eigenvalue weighted by Gasteiger charge is 2.21. The van der Waals surface area contributed by atoms with Crippen molar-refractivity contribution in [1.29, 1.82) is 0 Å². The van der Waals surface area contributed by atoms with E-state index in [0.29, 0.717) is 6.04 Å². The van der Waals surface area contributed by atoms with Crippen molar-refractivity contribution < 1.29 is 4.42 Å². The molecule has 1 atom stereocenters. The molecule has 1 heterocycles. The molecule has 0 aliphatic heterocycles. The lowest BCUT2D eigenvalue weighted by Gasteiger charge is -2.23. The third-order valence-electron chi connectivity index (χ3n) is 3.59. The second-order valence-corrected chi connectivity index (χ2v) is 6.13. The summed E-state index contributed by atoms with van der Waals surface area (Å²) >= 11 is 9.52. The number of benzene rings is 1. The fourth-order valence-electron chi connectivity index (χ4n) is 2.59. The molecule has 0 radical (unpaired) electrons. The van der Waals surface area contributed by atoms with Gasteiger partial charge in [-0.15, -0.1) is 0 Å². The Hall–Kier alpha value is -0.770. The zero-order valence-corrected chi connectivity index (χ0v) is 12.8. The second kappa shape index (κ2) is 5.70. The Kier molecular flexibility index (Phi) is 3.96. The van der Waals surface area contributed by atoms with Gasteiger partial charge in [0.1, 0.15) is 5.76 Å². The lowest BCUT2D eigenvalue weighted by atomic mass is 9.93. The van der Waals surface area contributed by atoms with Crippen LogP contribution in [0.2, 0.25) is 5.02 Å². The molecule has 0 fully saturated rings. The molecule has 1 aromatic carbocycles. The van der Waals surface area contributed by atoms with E-state index >= 15 is 0 Å². The van der Waals surface area contributed by atoms with Crippen molar-refractivity contribution in [3.8, 4) is 0 Å². The molecule has 1 aliphatic rings. The number of nitrogens with one attached hydrogen (secondary N) is 1. The summed E-state index contributed by atoms with van der Waals surface area (Å²) in [6, 6.07) is 8.55. The maximum Gasteiger partial charge on any atom is 0.108 e. The average molecular weight is 341 g/mol. The summed E-state index contributed by atoms with van der Waals surface area (Å²) in [5.41, 5.74) is 2.51. The van der Waals surface area contributed by atoms with Crippen molar-refractivity contribution in [2.24, 2.45) is 0 Å². The van der Waals surface area contributed by atoms with E-state index in [1.54, 1.807) is 6.26 Å². The van der Waals surface area contributed by atoms with E-state index in [0.717, 1.165) is 34.6 Å². The molecule has 0 saturated heterocycles. The standard InChI is InChI=1S/C15H15BrClNO/c16-12-5-4-10(8-13(12)17)9-18-14-2-1-3-15-11(14)6-7-19-15/h4-8,14,18H,1-3,9H2. The molecule has 1 unspecified atom stereocenters. The molecule has 3 rings (SSSR count). The summed E-state index contributed by atoms with van der Waals surface area (Å²) in [4.78, 5) is 0. The smallest absolute Gasteiger partial charge is 0.108 e. The van der Waals surface area contributed by atoms with Crippen molar-refractivity contribution in [3.05, 3.63) is 56.9 Å². The fraction of sp³-hybridized carbons (Fsp3) is 0.333. The number of hydrogen-bond acceptors (Lipinski definition) is 2. The van der Waals surface area contributed by atoms with Crippen molar-refractivity contribution >= 4 is 27.5 Å². The van der Waals surface area contributed by atoms with Crippen LogP contribution in [0.1, 0.15) is 35.8 Å². The minimum absolute atomic E-state index is 0.393. The first-order valence-corrected chi connectivity index (χ1v) is 7.65. The zero-order chi connectivity index (χ0) is 13.2. The molecule has 4 heteroatoms. The number of rotatable bonds is 3. The summed E-state index contributed by atoms with van der Waals surface area (Å²) in [5, 5.41) is 4.35. The van der Waals surface area contributed by atoms with Crippen LogP contribution in [0.5, 0.6) is 0 Å². The van der Waals surface area contributed by atoms with Crippen LogP contribution >= 0.6 is 27.5 Å². The molecule has 1 aromatic heterocycles. The summed E-state index contributed by atoms with van der Waals surface area (Å²) in [5.74, 6) is 1.14. The Bertz CT molecular complexity index is 581. The van der Waals surface area contributed by atoms with Crippen LogP contribution in [0.4, 0.5) is 0 Å². The first kappa shape index (κ1) is 13.2. The molecule has 0 saturated carbocycles. The van der Waals surface area contributed by atoms with Gasteiger partial charge in [0.2, 0.25) is 0 Å². The van der Waals surface area contributed by atoms with Crippen LogP contribution in [0, 0.1) is 0 Å².